The molecule has 0 amide bonds. The van der Waals surface area contributed by atoms with Crippen molar-refractivity contribution in [1.29, 1.82) is 0 Å². The average Bonchev–Trinajstić information content (AvgIpc) is 2.78. The Morgan fingerprint density at radius 2 is 2.19 bits per heavy atom. The van der Waals surface area contributed by atoms with Gasteiger partial charge in [-0.1, -0.05) is 44.0 Å². The van der Waals surface area contributed by atoms with Gasteiger partial charge >= 0.3 is 0 Å². The molecule has 2 atom stereocenters. The molecule has 0 aromatic heterocycles. The predicted molar refractivity (Wildman–Crippen MR) is 69.9 cm³/mol. The van der Waals surface area contributed by atoms with Gasteiger partial charge in [-0.3, -0.25) is 0 Å². The molecule has 1 saturated carbocycles. The van der Waals surface area contributed by atoms with Crippen LogP contribution in [0.15, 0.2) is 24.3 Å². The third kappa shape index (κ3) is 2.46. The van der Waals surface area contributed by atoms with Crippen LogP contribution >= 0.6 is 0 Å². The lowest BCUT2D eigenvalue weighted by molar-refractivity contribution is 0.522. The molecule has 1 heteroatoms. The minimum Gasteiger partial charge on any atom is -0.316 e. The molecule has 1 aliphatic rings. The van der Waals surface area contributed by atoms with E-state index in [2.05, 4.69) is 43.6 Å². The van der Waals surface area contributed by atoms with E-state index in [1.54, 1.807) is 5.56 Å². The van der Waals surface area contributed by atoms with Gasteiger partial charge in [0.2, 0.25) is 0 Å². The van der Waals surface area contributed by atoms with Gasteiger partial charge in [0.25, 0.3) is 0 Å². The van der Waals surface area contributed by atoms with Crippen LogP contribution in [0.5, 0.6) is 0 Å². The molecule has 88 valence electrons. The van der Waals surface area contributed by atoms with Gasteiger partial charge in [0, 0.05) is 6.04 Å². The highest BCUT2D eigenvalue weighted by atomic mass is 14.9. The van der Waals surface area contributed by atoms with Crippen molar-refractivity contribution in [2.45, 2.75) is 51.0 Å². The molecular formula is C15H23N. The fraction of sp³-hybridized carbons (Fsp3) is 0.600. The van der Waals surface area contributed by atoms with Gasteiger partial charge < -0.3 is 5.32 Å². The van der Waals surface area contributed by atoms with E-state index in [4.69, 9.17) is 0 Å². The normalized spacial score (nSPS) is 24.9. The summed E-state index contributed by atoms with van der Waals surface area (Å²) in [6.45, 7) is 2.25. The molecule has 1 fully saturated rings. The zero-order valence-corrected chi connectivity index (χ0v) is 10.5. The molecule has 0 radical (unpaired) electrons. The van der Waals surface area contributed by atoms with Gasteiger partial charge in [-0.05, 0) is 43.4 Å². The van der Waals surface area contributed by atoms with Crippen molar-refractivity contribution in [3.8, 4) is 0 Å². The molecule has 16 heavy (non-hydrogen) atoms. The second-order valence-electron chi connectivity index (χ2n) is 4.93. The topological polar surface area (TPSA) is 12.0 Å². The van der Waals surface area contributed by atoms with Gasteiger partial charge in [0.05, 0.1) is 0 Å². The fourth-order valence-corrected chi connectivity index (χ4v) is 2.97. The first-order valence-corrected chi connectivity index (χ1v) is 6.61. The van der Waals surface area contributed by atoms with Crippen LogP contribution in [-0.2, 0) is 6.42 Å². The third-order valence-corrected chi connectivity index (χ3v) is 3.80. The summed E-state index contributed by atoms with van der Waals surface area (Å²) in [5, 5.41) is 3.46. The maximum absolute atomic E-state index is 3.46. The van der Waals surface area contributed by atoms with E-state index >= 15 is 0 Å². The van der Waals surface area contributed by atoms with Crippen LogP contribution in [0, 0.1) is 0 Å². The Labute approximate surface area is 99.3 Å². The van der Waals surface area contributed by atoms with E-state index in [9.17, 15) is 0 Å². The minimum atomic E-state index is 0.692. The highest BCUT2D eigenvalue weighted by Gasteiger charge is 2.26. The summed E-state index contributed by atoms with van der Waals surface area (Å²) in [7, 11) is 2.10. The molecule has 1 N–H and O–H groups in total. The molecule has 0 heterocycles. The molecule has 2 rings (SSSR count). The number of hydrogen-bond donors (Lipinski definition) is 1. The van der Waals surface area contributed by atoms with E-state index in [1.807, 2.05) is 0 Å². The van der Waals surface area contributed by atoms with Gasteiger partial charge in [-0.2, -0.15) is 0 Å². The number of benzene rings is 1. The van der Waals surface area contributed by atoms with Crippen molar-refractivity contribution < 1.29 is 0 Å². The van der Waals surface area contributed by atoms with Crippen molar-refractivity contribution in [3.05, 3.63) is 35.4 Å². The van der Waals surface area contributed by atoms with Crippen molar-refractivity contribution in [2.75, 3.05) is 7.05 Å². The zero-order valence-electron chi connectivity index (χ0n) is 10.5. The summed E-state index contributed by atoms with van der Waals surface area (Å²) in [6.07, 6.45) is 6.50. The standard InChI is InChI=1S/C15H23N/c1-3-6-12-7-4-8-13(11-12)14-9-5-10-15(14)16-2/h4,7-8,11,14-16H,3,5-6,9-10H2,1-2H3. The molecule has 0 aliphatic heterocycles. The second kappa shape index (κ2) is 5.49. The summed E-state index contributed by atoms with van der Waals surface area (Å²) in [5.41, 5.74) is 3.05. The maximum atomic E-state index is 3.46. The summed E-state index contributed by atoms with van der Waals surface area (Å²) in [5.74, 6) is 0.738. The molecule has 0 bridgehead atoms. The van der Waals surface area contributed by atoms with Crippen LogP contribution in [0.25, 0.3) is 0 Å². The third-order valence-electron chi connectivity index (χ3n) is 3.80. The van der Waals surface area contributed by atoms with Crippen LogP contribution in [0.3, 0.4) is 0 Å². The van der Waals surface area contributed by atoms with Gasteiger partial charge in [-0.25, -0.2) is 0 Å². The molecule has 0 spiro atoms. The summed E-state index contributed by atoms with van der Waals surface area (Å²) in [6, 6.07) is 9.90. The lowest BCUT2D eigenvalue weighted by Crippen LogP contribution is -2.27. The first-order chi connectivity index (χ1) is 7.85. The van der Waals surface area contributed by atoms with Crippen molar-refractivity contribution in [3.63, 3.8) is 0 Å². The Bertz CT molecular complexity index is 332. The van der Waals surface area contributed by atoms with Crippen molar-refractivity contribution in [1.82, 2.24) is 5.32 Å². The Morgan fingerprint density at radius 3 is 2.94 bits per heavy atom. The van der Waals surface area contributed by atoms with Crippen LogP contribution in [0.2, 0.25) is 0 Å². The number of aryl methyl sites for hydroxylation is 1. The molecular weight excluding hydrogens is 194 g/mol. The van der Waals surface area contributed by atoms with E-state index in [0.717, 1.165) is 5.92 Å². The zero-order chi connectivity index (χ0) is 11.4. The van der Waals surface area contributed by atoms with Crippen molar-refractivity contribution >= 4 is 0 Å². The number of likely N-dealkylation sites (N-methyl/N-ethyl adjacent to an activating group) is 1. The molecule has 2 unspecified atom stereocenters. The Morgan fingerprint density at radius 1 is 1.31 bits per heavy atom. The van der Waals surface area contributed by atoms with Gasteiger partial charge in [-0.15, -0.1) is 0 Å². The highest BCUT2D eigenvalue weighted by molar-refractivity contribution is 5.28. The quantitative estimate of drug-likeness (QED) is 0.814. The summed E-state index contributed by atoms with van der Waals surface area (Å²) < 4.78 is 0. The number of nitrogens with one attached hydrogen (secondary N) is 1. The first-order valence-electron chi connectivity index (χ1n) is 6.61. The maximum Gasteiger partial charge on any atom is 0.0133 e. The molecule has 1 aliphatic carbocycles. The SMILES string of the molecule is CCCc1cccc(C2CCCC2NC)c1. The minimum absolute atomic E-state index is 0.692. The van der Waals surface area contributed by atoms with Gasteiger partial charge in [0.15, 0.2) is 0 Å². The lowest BCUT2D eigenvalue weighted by Gasteiger charge is -2.20. The predicted octanol–water partition coefficient (Wildman–Crippen LogP) is 3.49. The largest absolute Gasteiger partial charge is 0.316 e. The average molecular weight is 217 g/mol. The lowest BCUT2D eigenvalue weighted by atomic mass is 9.92. The van der Waals surface area contributed by atoms with Crippen LogP contribution in [-0.4, -0.2) is 13.1 Å². The van der Waals surface area contributed by atoms with E-state index in [1.165, 1.54) is 37.7 Å². The molecule has 1 aromatic rings. The van der Waals surface area contributed by atoms with Crippen molar-refractivity contribution in [2.24, 2.45) is 0 Å². The Balaban J connectivity index is 2.16. The summed E-state index contributed by atoms with van der Waals surface area (Å²) in [4.78, 5) is 0. The molecule has 0 saturated heterocycles. The fourth-order valence-electron chi connectivity index (χ4n) is 2.97. The van der Waals surface area contributed by atoms with Gasteiger partial charge in [0.1, 0.15) is 0 Å². The Hall–Kier alpha value is -0.820. The van der Waals surface area contributed by atoms with Crippen LogP contribution < -0.4 is 5.32 Å². The first kappa shape index (κ1) is 11.7. The number of hydrogen-bond acceptors (Lipinski definition) is 1. The monoisotopic (exact) mass is 217 g/mol. The highest BCUT2D eigenvalue weighted by Crippen LogP contribution is 2.34. The number of rotatable bonds is 4. The Kier molecular flexibility index (Phi) is 4.00. The smallest absolute Gasteiger partial charge is 0.0133 e. The molecule has 1 aromatic carbocycles. The second-order valence-corrected chi connectivity index (χ2v) is 4.93. The van der Waals surface area contributed by atoms with Crippen LogP contribution in [0.4, 0.5) is 0 Å². The molecule has 1 nitrogen and oxygen atoms in total. The summed E-state index contributed by atoms with van der Waals surface area (Å²) >= 11 is 0. The van der Waals surface area contributed by atoms with E-state index in [-0.39, 0.29) is 0 Å². The van der Waals surface area contributed by atoms with E-state index < -0.39 is 0 Å². The van der Waals surface area contributed by atoms with Crippen LogP contribution in [0.1, 0.15) is 49.7 Å². The van der Waals surface area contributed by atoms with E-state index in [0.29, 0.717) is 6.04 Å².